The van der Waals surface area contributed by atoms with Gasteiger partial charge in [0.25, 0.3) is 0 Å². The lowest BCUT2D eigenvalue weighted by atomic mass is 9.88. The third-order valence-electron chi connectivity index (χ3n) is 6.31. The Morgan fingerprint density at radius 3 is 2.50 bits per heavy atom. The summed E-state index contributed by atoms with van der Waals surface area (Å²) in [5, 5.41) is 22.8. The average Bonchev–Trinajstić information content (AvgIpc) is 3.18. The van der Waals surface area contributed by atoms with Crippen LogP contribution in [-0.4, -0.2) is 41.0 Å². The fraction of sp³-hybridized carbons (Fsp3) is 0.444. The number of hydrogen-bond acceptors (Lipinski definition) is 4. The molecule has 0 radical (unpaired) electrons. The topological polar surface area (TPSA) is 78.8 Å². The summed E-state index contributed by atoms with van der Waals surface area (Å²) in [7, 11) is 0. The van der Waals surface area contributed by atoms with Gasteiger partial charge in [0.2, 0.25) is 5.82 Å². The molecule has 184 valence electrons. The van der Waals surface area contributed by atoms with E-state index in [9.17, 15) is 18.7 Å². The van der Waals surface area contributed by atoms with Crippen molar-refractivity contribution in [1.82, 2.24) is 5.32 Å². The highest BCUT2D eigenvalue weighted by Crippen LogP contribution is 2.32. The fourth-order valence-corrected chi connectivity index (χ4v) is 4.66. The van der Waals surface area contributed by atoms with E-state index < -0.39 is 29.6 Å². The van der Waals surface area contributed by atoms with E-state index in [1.54, 1.807) is 0 Å². The van der Waals surface area contributed by atoms with Crippen molar-refractivity contribution in [3.05, 3.63) is 77.4 Å². The molecule has 2 aromatic rings. The number of halogens is 2. The molecule has 34 heavy (non-hydrogen) atoms. The summed E-state index contributed by atoms with van der Waals surface area (Å²) >= 11 is 0. The highest BCUT2D eigenvalue weighted by atomic mass is 19.2. The first-order valence-corrected chi connectivity index (χ1v) is 11.5. The van der Waals surface area contributed by atoms with E-state index in [0.717, 1.165) is 25.3 Å². The SMILES string of the molecule is C=CC(CC(=O)O)c1cc(F)c(F)c(OC[C@H](O)CNC(C)(C)CC2Cc3ccccc3C2)c1. The van der Waals surface area contributed by atoms with E-state index in [2.05, 4.69) is 50.0 Å². The quantitative estimate of drug-likeness (QED) is 0.392. The Balaban J connectivity index is 1.53. The molecule has 3 N–H and O–H groups in total. The Bertz CT molecular complexity index is 999. The van der Waals surface area contributed by atoms with Gasteiger partial charge in [-0.15, -0.1) is 6.58 Å². The number of aliphatic hydroxyl groups excluding tert-OH is 1. The molecule has 0 aliphatic heterocycles. The van der Waals surface area contributed by atoms with Gasteiger partial charge in [0.15, 0.2) is 11.6 Å². The molecule has 0 saturated heterocycles. The Morgan fingerprint density at radius 2 is 1.91 bits per heavy atom. The van der Waals surface area contributed by atoms with Gasteiger partial charge in [-0.3, -0.25) is 4.79 Å². The molecular weight excluding hydrogens is 440 g/mol. The minimum Gasteiger partial charge on any atom is -0.488 e. The number of carboxylic acid groups (broad SMARTS) is 1. The van der Waals surface area contributed by atoms with Crippen molar-refractivity contribution < 1.29 is 28.5 Å². The number of aliphatic carboxylic acids is 1. The van der Waals surface area contributed by atoms with Crippen molar-refractivity contribution >= 4 is 5.97 Å². The minimum atomic E-state index is -1.18. The molecule has 0 aromatic heterocycles. The van der Waals surface area contributed by atoms with Gasteiger partial charge in [0.1, 0.15) is 12.7 Å². The van der Waals surface area contributed by atoms with Gasteiger partial charge >= 0.3 is 5.97 Å². The summed E-state index contributed by atoms with van der Waals surface area (Å²) in [5.74, 6) is -3.93. The van der Waals surface area contributed by atoms with E-state index in [1.807, 2.05) is 0 Å². The monoisotopic (exact) mass is 473 g/mol. The zero-order valence-corrected chi connectivity index (χ0v) is 19.7. The number of rotatable bonds is 12. The Kier molecular flexibility index (Phi) is 8.44. The number of aliphatic hydroxyl groups is 1. The number of nitrogens with one attached hydrogen (secondary N) is 1. The summed E-state index contributed by atoms with van der Waals surface area (Å²) in [6, 6.07) is 10.7. The van der Waals surface area contributed by atoms with Crippen LogP contribution in [0.15, 0.2) is 49.1 Å². The molecule has 5 nitrogen and oxygen atoms in total. The van der Waals surface area contributed by atoms with Gasteiger partial charge in [0.05, 0.1) is 6.42 Å². The average molecular weight is 474 g/mol. The molecule has 0 amide bonds. The normalized spacial score (nSPS) is 15.6. The second kappa shape index (κ2) is 11.1. The minimum absolute atomic E-state index is 0.223. The number of carbonyl (C=O) groups is 1. The van der Waals surface area contributed by atoms with Crippen molar-refractivity contribution in [2.45, 2.75) is 57.1 Å². The van der Waals surface area contributed by atoms with Crippen molar-refractivity contribution in [1.29, 1.82) is 0 Å². The second-order valence-electron chi connectivity index (χ2n) is 9.73. The summed E-state index contributed by atoms with van der Waals surface area (Å²) in [5.41, 5.74) is 2.82. The maximum Gasteiger partial charge on any atom is 0.304 e. The maximum absolute atomic E-state index is 14.2. The summed E-state index contributed by atoms with van der Waals surface area (Å²) in [4.78, 5) is 11.0. The number of allylic oxidation sites excluding steroid dienone is 1. The molecule has 1 aliphatic rings. The molecule has 7 heteroatoms. The zero-order chi connectivity index (χ0) is 24.9. The molecule has 2 atom stereocenters. The highest BCUT2D eigenvalue weighted by Gasteiger charge is 2.28. The zero-order valence-electron chi connectivity index (χ0n) is 19.7. The number of hydrogen-bond donors (Lipinski definition) is 3. The van der Waals surface area contributed by atoms with Crippen LogP contribution < -0.4 is 10.1 Å². The van der Waals surface area contributed by atoms with E-state index in [-0.39, 0.29) is 36.4 Å². The molecule has 3 rings (SSSR count). The lowest BCUT2D eigenvalue weighted by Crippen LogP contribution is -2.46. The Morgan fingerprint density at radius 1 is 1.26 bits per heavy atom. The number of ether oxygens (including phenoxy) is 1. The van der Waals surface area contributed by atoms with Crippen LogP contribution in [0.3, 0.4) is 0 Å². The molecule has 1 unspecified atom stereocenters. The molecule has 0 saturated carbocycles. The first kappa shape index (κ1) is 25.8. The van der Waals surface area contributed by atoms with Crippen LogP contribution in [0.5, 0.6) is 5.75 Å². The predicted octanol–water partition coefficient (Wildman–Crippen LogP) is 4.62. The largest absolute Gasteiger partial charge is 0.488 e. The lowest BCUT2D eigenvalue weighted by Gasteiger charge is -2.30. The molecule has 0 fully saturated rings. The van der Waals surface area contributed by atoms with Crippen LogP contribution >= 0.6 is 0 Å². The molecular formula is C27H33F2NO4. The van der Waals surface area contributed by atoms with Gasteiger partial charge in [-0.1, -0.05) is 30.3 Å². The number of carboxylic acids is 1. The first-order valence-electron chi connectivity index (χ1n) is 11.5. The van der Waals surface area contributed by atoms with E-state index in [0.29, 0.717) is 5.92 Å². The van der Waals surface area contributed by atoms with Crippen LogP contribution in [0.25, 0.3) is 0 Å². The van der Waals surface area contributed by atoms with Crippen LogP contribution in [-0.2, 0) is 17.6 Å². The fourth-order valence-electron chi connectivity index (χ4n) is 4.66. The summed E-state index contributed by atoms with van der Waals surface area (Å²) in [6.07, 6.45) is 3.14. The third-order valence-corrected chi connectivity index (χ3v) is 6.31. The Labute approximate surface area is 199 Å². The van der Waals surface area contributed by atoms with Gasteiger partial charge in [-0.05, 0) is 67.9 Å². The van der Waals surface area contributed by atoms with Crippen molar-refractivity contribution in [3.63, 3.8) is 0 Å². The van der Waals surface area contributed by atoms with Crippen molar-refractivity contribution in [2.24, 2.45) is 5.92 Å². The second-order valence-corrected chi connectivity index (χ2v) is 9.73. The van der Waals surface area contributed by atoms with Crippen LogP contribution in [0, 0.1) is 17.6 Å². The number of benzene rings is 2. The van der Waals surface area contributed by atoms with Crippen LogP contribution in [0.1, 0.15) is 49.3 Å². The lowest BCUT2D eigenvalue weighted by molar-refractivity contribution is -0.137. The van der Waals surface area contributed by atoms with E-state index in [4.69, 9.17) is 9.84 Å². The smallest absolute Gasteiger partial charge is 0.304 e. The summed E-state index contributed by atoms with van der Waals surface area (Å²) in [6.45, 7) is 7.73. The number of fused-ring (bicyclic) bond motifs is 1. The molecule has 1 aliphatic carbocycles. The van der Waals surface area contributed by atoms with Gasteiger partial charge < -0.3 is 20.3 Å². The third kappa shape index (κ3) is 6.87. The maximum atomic E-state index is 14.2. The van der Waals surface area contributed by atoms with E-state index >= 15 is 0 Å². The highest BCUT2D eigenvalue weighted by molar-refractivity contribution is 5.68. The predicted molar refractivity (Wildman–Crippen MR) is 127 cm³/mol. The van der Waals surface area contributed by atoms with Gasteiger partial charge in [-0.2, -0.15) is 4.39 Å². The number of β-amino-alcohol motifs (C(OH)–C–C–N with tert-alkyl or cyclic N) is 1. The molecule has 0 bridgehead atoms. The Hall–Kier alpha value is -2.77. The summed E-state index contributed by atoms with van der Waals surface area (Å²) < 4.78 is 33.7. The van der Waals surface area contributed by atoms with Crippen molar-refractivity contribution in [2.75, 3.05) is 13.2 Å². The van der Waals surface area contributed by atoms with E-state index in [1.165, 1.54) is 23.3 Å². The standard InChI is InChI=1S/C27H33F2NO4/c1-4-18(13-25(32)33)21-11-23(28)26(29)24(12-21)34-16-22(31)15-30-27(2,3)14-17-9-19-7-5-6-8-20(19)10-17/h4-8,11-12,17-18,22,30-31H,1,9-10,13-16H2,2-3H3,(H,32,33)/t18?,22-/m1/s1. The van der Waals surface area contributed by atoms with Gasteiger partial charge in [-0.25, -0.2) is 4.39 Å². The first-order chi connectivity index (χ1) is 16.1. The van der Waals surface area contributed by atoms with Crippen molar-refractivity contribution in [3.8, 4) is 5.75 Å². The van der Waals surface area contributed by atoms with Gasteiger partial charge in [0, 0.05) is 18.0 Å². The molecule has 0 spiro atoms. The molecule has 2 aromatic carbocycles. The van der Waals surface area contributed by atoms with Crippen LogP contribution in [0.2, 0.25) is 0 Å². The molecule has 0 heterocycles. The van der Waals surface area contributed by atoms with Crippen LogP contribution in [0.4, 0.5) is 8.78 Å².